The van der Waals surface area contributed by atoms with Gasteiger partial charge >= 0.3 is 5.76 Å². The Bertz CT molecular complexity index is 802. The molecule has 0 saturated heterocycles. The standard InChI is InChI=1S/C15H19F2N3O3S/c1-10-14(11(2)20(19-10)8-9-23-3)18-12-4-6-13(7-5-12)24(21,22)15(16)17/h4-7,15,18H,8-9H2,1-3H3. The van der Waals surface area contributed by atoms with Crippen LogP contribution in [0.25, 0.3) is 0 Å². The highest BCUT2D eigenvalue weighted by molar-refractivity contribution is 7.91. The van der Waals surface area contributed by atoms with E-state index >= 15 is 0 Å². The van der Waals surface area contributed by atoms with E-state index in [1.54, 1.807) is 11.8 Å². The fraction of sp³-hybridized carbons (Fsp3) is 0.400. The van der Waals surface area contributed by atoms with Crippen LogP contribution in [0.4, 0.5) is 20.2 Å². The zero-order valence-corrected chi connectivity index (χ0v) is 14.4. The molecule has 0 amide bonds. The normalized spacial score (nSPS) is 11.9. The van der Waals surface area contributed by atoms with Crippen molar-refractivity contribution in [3.8, 4) is 0 Å². The van der Waals surface area contributed by atoms with Crippen molar-refractivity contribution in [3.63, 3.8) is 0 Å². The molecule has 1 N–H and O–H groups in total. The number of methoxy groups -OCH3 is 1. The topological polar surface area (TPSA) is 73.2 Å². The Labute approximate surface area is 139 Å². The summed E-state index contributed by atoms with van der Waals surface area (Å²) >= 11 is 0. The summed E-state index contributed by atoms with van der Waals surface area (Å²) in [4.78, 5) is -0.410. The van der Waals surface area contributed by atoms with E-state index in [0.717, 1.165) is 29.2 Å². The van der Waals surface area contributed by atoms with Gasteiger partial charge in [-0.15, -0.1) is 0 Å². The van der Waals surface area contributed by atoms with E-state index < -0.39 is 20.5 Å². The Hall–Kier alpha value is -2.00. The molecular weight excluding hydrogens is 340 g/mol. The molecule has 0 spiro atoms. The first-order chi connectivity index (χ1) is 11.3. The molecule has 6 nitrogen and oxygen atoms in total. The van der Waals surface area contributed by atoms with Crippen LogP contribution < -0.4 is 5.32 Å². The lowest BCUT2D eigenvalue weighted by Gasteiger charge is -2.09. The molecule has 2 rings (SSSR count). The lowest BCUT2D eigenvalue weighted by atomic mass is 10.2. The van der Waals surface area contributed by atoms with Gasteiger partial charge in [-0.1, -0.05) is 0 Å². The monoisotopic (exact) mass is 359 g/mol. The highest BCUT2D eigenvalue weighted by Gasteiger charge is 2.26. The molecule has 0 atom stereocenters. The Morgan fingerprint density at radius 1 is 1.25 bits per heavy atom. The lowest BCUT2D eigenvalue weighted by Crippen LogP contribution is -2.11. The van der Waals surface area contributed by atoms with Crippen molar-refractivity contribution in [3.05, 3.63) is 35.7 Å². The predicted molar refractivity (Wildman–Crippen MR) is 86.5 cm³/mol. The van der Waals surface area contributed by atoms with Gasteiger partial charge in [-0.2, -0.15) is 13.9 Å². The smallest absolute Gasteiger partial charge is 0.341 e. The molecule has 1 heterocycles. The summed E-state index contributed by atoms with van der Waals surface area (Å²) in [6, 6.07) is 5.20. The average molecular weight is 359 g/mol. The largest absolute Gasteiger partial charge is 0.383 e. The molecule has 1 aromatic carbocycles. The van der Waals surface area contributed by atoms with Crippen LogP contribution >= 0.6 is 0 Å². The van der Waals surface area contributed by atoms with E-state index in [1.807, 2.05) is 13.8 Å². The second-order valence-corrected chi connectivity index (χ2v) is 7.13. The van der Waals surface area contributed by atoms with Gasteiger partial charge in [-0.3, -0.25) is 4.68 Å². The molecular formula is C15H19F2N3O3S. The summed E-state index contributed by atoms with van der Waals surface area (Å²) in [6.45, 7) is 4.87. The number of halogens is 2. The maximum atomic E-state index is 12.5. The Morgan fingerprint density at radius 2 is 1.88 bits per heavy atom. The van der Waals surface area contributed by atoms with Crippen molar-refractivity contribution in [1.82, 2.24) is 9.78 Å². The van der Waals surface area contributed by atoms with Crippen molar-refractivity contribution in [1.29, 1.82) is 0 Å². The number of aryl methyl sites for hydroxylation is 1. The van der Waals surface area contributed by atoms with Gasteiger partial charge in [0, 0.05) is 12.8 Å². The molecule has 2 aromatic rings. The summed E-state index contributed by atoms with van der Waals surface area (Å²) in [6.07, 6.45) is 0. The van der Waals surface area contributed by atoms with E-state index in [0.29, 0.717) is 18.8 Å². The van der Waals surface area contributed by atoms with Crippen LogP contribution in [0.1, 0.15) is 11.4 Å². The number of sulfone groups is 1. The second-order valence-electron chi connectivity index (χ2n) is 5.22. The minimum atomic E-state index is -4.58. The summed E-state index contributed by atoms with van der Waals surface area (Å²) in [5.74, 6) is -3.43. The number of rotatable bonds is 7. The van der Waals surface area contributed by atoms with Crippen LogP contribution in [-0.4, -0.2) is 37.7 Å². The van der Waals surface area contributed by atoms with Crippen molar-refractivity contribution < 1.29 is 21.9 Å². The maximum Gasteiger partial charge on any atom is 0.341 e. The molecule has 0 bridgehead atoms. The Balaban J connectivity index is 2.22. The molecule has 0 saturated carbocycles. The Kier molecular flexibility index (Phi) is 5.55. The summed E-state index contributed by atoms with van der Waals surface area (Å²) < 4.78 is 54.7. The third-order valence-corrected chi connectivity index (χ3v) is 4.97. The molecule has 0 fully saturated rings. The van der Waals surface area contributed by atoms with Gasteiger partial charge in [-0.25, -0.2) is 8.42 Å². The summed E-state index contributed by atoms with van der Waals surface area (Å²) in [7, 11) is -2.97. The number of aromatic nitrogens is 2. The molecule has 0 radical (unpaired) electrons. The summed E-state index contributed by atoms with van der Waals surface area (Å²) in [5, 5.41) is 7.54. The van der Waals surface area contributed by atoms with Crippen LogP contribution in [0.15, 0.2) is 29.2 Å². The van der Waals surface area contributed by atoms with Crippen molar-refractivity contribution in [2.24, 2.45) is 0 Å². The van der Waals surface area contributed by atoms with E-state index in [2.05, 4.69) is 10.4 Å². The molecule has 0 aliphatic carbocycles. The predicted octanol–water partition coefficient (Wildman–Crippen LogP) is 2.89. The van der Waals surface area contributed by atoms with E-state index in [4.69, 9.17) is 4.74 Å². The van der Waals surface area contributed by atoms with Gasteiger partial charge in [0.1, 0.15) is 0 Å². The van der Waals surface area contributed by atoms with Gasteiger partial charge in [0.05, 0.1) is 35.1 Å². The van der Waals surface area contributed by atoms with Gasteiger partial charge in [-0.05, 0) is 38.1 Å². The number of alkyl halides is 2. The highest BCUT2D eigenvalue weighted by atomic mass is 32.2. The molecule has 0 aliphatic heterocycles. The average Bonchev–Trinajstić information content (AvgIpc) is 2.81. The van der Waals surface area contributed by atoms with Gasteiger partial charge in [0.25, 0.3) is 0 Å². The van der Waals surface area contributed by atoms with E-state index in [9.17, 15) is 17.2 Å². The SMILES string of the molecule is COCCn1nc(C)c(Nc2ccc(S(=O)(=O)C(F)F)cc2)c1C. The molecule has 9 heteroatoms. The third kappa shape index (κ3) is 3.73. The molecule has 132 valence electrons. The number of hydrogen-bond acceptors (Lipinski definition) is 5. The fourth-order valence-electron chi connectivity index (χ4n) is 2.25. The minimum absolute atomic E-state index is 0.410. The van der Waals surface area contributed by atoms with Crippen molar-refractivity contribution >= 4 is 21.2 Å². The molecule has 1 aromatic heterocycles. The van der Waals surface area contributed by atoms with E-state index in [-0.39, 0.29) is 0 Å². The van der Waals surface area contributed by atoms with Crippen LogP contribution in [0, 0.1) is 13.8 Å². The maximum absolute atomic E-state index is 12.5. The van der Waals surface area contributed by atoms with E-state index in [1.165, 1.54) is 12.1 Å². The highest BCUT2D eigenvalue weighted by Crippen LogP contribution is 2.26. The van der Waals surface area contributed by atoms with Crippen molar-refractivity contribution in [2.45, 2.75) is 31.0 Å². The zero-order chi connectivity index (χ0) is 17.9. The number of anilines is 2. The quantitative estimate of drug-likeness (QED) is 0.823. The first-order valence-corrected chi connectivity index (χ1v) is 8.74. The number of nitrogens with zero attached hydrogens (tertiary/aromatic N) is 2. The number of nitrogens with one attached hydrogen (secondary N) is 1. The van der Waals surface area contributed by atoms with Crippen LogP contribution in [0.3, 0.4) is 0 Å². The number of benzene rings is 1. The Morgan fingerprint density at radius 3 is 2.42 bits per heavy atom. The molecule has 24 heavy (non-hydrogen) atoms. The van der Waals surface area contributed by atoms with Gasteiger partial charge in [0.2, 0.25) is 9.84 Å². The minimum Gasteiger partial charge on any atom is -0.383 e. The molecule has 0 aliphatic rings. The first kappa shape index (κ1) is 18.3. The number of ether oxygens (including phenoxy) is 1. The van der Waals surface area contributed by atoms with Crippen LogP contribution in [0.5, 0.6) is 0 Å². The van der Waals surface area contributed by atoms with Gasteiger partial charge < -0.3 is 10.1 Å². The summed E-state index contributed by atoms with van der Waals surface area (Å²) in [5.41, 5.74) is 3.04. The third-order valence-electron chi connectivity index (χ3n) is 3.58. The fourth-order valence-corrected chi connectivity index (χ4v) is 2.97. The van der Waals surface area contributed by atoms with Crippen LogP contribution in [-0.2, 0) is 21.1 Å². The van der Waals surface area contributed by atoms with Crippen LogP contribution in [0.2, 0.25) is 0 Å². The number of hydrogen-bond donors (Lipinski definition) is 1. The second kappa shape index (κ2) is 7.27. The first-order valence-electron chi connectivity index (χ1n) is 7.19. The zero-order valence-electron chi connectivity index (χ0n) is 13.6. The molecule has 0 unspecified atom stereocenters. The van der Waals surface area contributed by atoms with Gasteiger partial charge in [0.15, 0.2) is 0 Å². The van der Waals surface area contributed by atoms with Crippen molar-refractivity contribution in [2.75, 3.05) is 19.0 Å². The lowest BCUT2D eigenvalue weighted by molar-refractivity contribution is 0.182.